The number of phenolic OH excluding ortho intramolecular Hbond substituents is 1. The van der Waals surface area contributed by atoms with Gasteiger partial charge in [0.1, 0.15) is 11.3 Å². The van der Waals surface area contributed by atoms with E-state index in [0.29, 0.717) is 17.7 Å². The number of aromatic hydroxyl groups is 1. The molecule has 0 unspecified atom stereocenters. The number of fused-ring (bicyclic) bond motifs is 1. The highest BCUT2D eigenvalue weighted by atomic mass is 31.1. The summed E-state index contributed by atoms with van der Waals surface area (Å²) in [4.78, 5) is 32.5. The second-order valence-corrected chi connectivity index (χ2v) is 8.88. The number of cyclic esters (lactones) is 1. The summed E-state index contributed by atoms with van der Waals surface area (Å²) >= 11 is 0. The van der Waals surface area contributed by atoms with Crippen LogP contribution < -0.4 is 4.52 Å². The van der Waals surface area contributed by atoms with Crippen molar-refractivity contribution in [2.24, 2.45) is 5.16 Å². The molecule has 0 atom stereocenters. The summed E-state index contributed by atoms with van der Waals surface area (Å²) < 4.78 is 21.6. The molecule has 2 aliphatic heterocycles. The Morgan fingerprint density at radius 1 is 1.20 bits per heavy atom. The van der Waals surface area contributed by atoms with E-state index in [1.807, 2.05) is 25.2 Å². The lowest BCUT2D eigenvalue weighted by molar-refractivity contribution is -0.137. The Morgan fingerprint density at radius 3 is 2.74 bits per heavy atom. The van der Waals surface area contributed by atoms with E-state index in [9.17, 15) is 19.3 Å². The molecular formula is C25H31N2O7P. The van der Waals surface area contributed by atoms with E-state index >= 15 is 0 Å². The number of benzene rings is 1. The van der Waals surface area contributed by atoms with Gasteiger partial charge in [-0.3, -0.25) is 4.79 Å². The predicted molar refractivity (Wildman–Crippen MR) is 131 cm³/mol. The van der Waals surface area contributed by atoms with E-state index in [1.165, 1.54) is 12.1 Å². The summed E-state index contributed by atoms with van der Waals surface area (Å²) in [6.07, 6.45) is 11.2. The zero-order valence-corrected chi connectivity index (χ0v) is 20.8. The van der Waals surface area contributed by atoms with Gasteiger partial charge in [-0.05, 0) is 63.2 Å². The van der Waals surface area contributed by atoms with Crippen LogP contribution in [0.3, 0.4) is 0 Å². The molecule has 0 aliphatic carbocycles. The van der Waals surface area contributed by atoms with Crippen LogP contribution in [0.4, 0.5) is 0 Å². The Kier molecular flexibility index (Phi) is 10.3. The van der Waals surface area contributed by atoms with Crippen LogP contribution in [0, 0.1) is 0 Å². The molecule has 3 rings (SSSR count). The van der Waals surface area contributed by atoms with E-state index in [-0.39, 0.29) is 42.6 Å². The molecule has 9 nitrogen and oxygen atoms in total. The van der Waals surface area contributed by atoms with Gasteiger partial charge >= 0.3 is 14.7 Å². The van der Waals surface area contributed by atoms with Gasteiger partial charge in [0.05, 0.1) is 12.3 Å². The Morgan fingerprint density at radius 2 is 1.97 bits per heavy atom. The third kappa shape index (κ3) is 8.21. The van der Waals surface area contributed by atoms with Gasteiger partial charge in [0.25, 0.3) is 5.91 Å². The quantitative estimate of drug-likeness (QED) is 0.267. The first kappa shape index (κ1) is 26.4. The predicted octanol–water partition coefficient (Wildman–Crippen LogP) is 4.75. The first-order chi connectivity index (χ1) is 17.0. The standard InChI is InChI=1S/C25H31N2O7P/c1-18-9-5-2-3-8-12-32-25(30)24-19(15-21(28)16-22(24)34-35-31)14-20(13-18)26-33-17-23(29)27-10-6-4-7-11-27/h2-3,13,15-16,28H,4-12,14,17H2,1H3/b3-2+,18-13+,26-20+. The average Bonchev–Trinajstić information content (AvgIpc) is 2.83. The molecule has 2 aliphatic rings. The molecule has 1 aromatic carbocycles. The fourth-order valence-electron chi connectivity index (χ4n) is 4.05. The summed E-state index contributed by atoms with van der Waals surface area (Å²) in [7, 11) is -0.677. The second kappa shape index (κ2) is 13.6. The molecule has 1 amide bonds. The van der Waals surface area contributed by atoms with Crippen LogP contribution in [0.25, 0.3) is 0 Å². The van der Waals surface area contributed by atoms with Crippen molar-refractivity contribution in [3.63, 3.8) is 0 Å². The molecule has 1 N–H and O–H groups in total. The van der Waals surface area contributed by atoms with Crippen LogP contribution >= 0.6 is 8.69 Å². The van der Waals surface area contributed by atoms with Crippen LogP contribution in [0.2, 0.25) is 0 Å². The lowest BCUT2D eigenvalue weighted by atomic mass is 9.98. The molecule has 0 spiro atoms. The minimum absolute atomic E-state index is 0.0512. The van der Waals surface area contributed by atoms with E-state index < -0.39 is 14.7 Å². The van der Waals surface area contributed by atoms with Crippen LogP contribution in [0.1, 0.15) is 61.4 Å². The van der Waals surface area contributed by atoms with Gasteiger partial charge in [0, 0.05) is 25.6 Å². The molecule has 1 aromatic rings. The van der Waals surface area contributed by atoms with Gasteiger partial charge < -0.3 is 24.1 Å². The van der Waals surface area contributed by atoms with Crippen molar-refractivity contribution in [3.05, 3.63) is 47.1 Å². The van der Waals surface area contributed by atoms with Gasteiger partial charge in [0.15, 0.2) is 12.4 Å². The number of carbonyl (C=O) groups is 2. The van der Waals surface area contributed by atoms with Crippen molar-refractivity contribution in [2.45, 2.75) is 51.9 Å². The van der Waals surface area contributed by atoms with Crippen molar-refractivity contribution < 1.29 is 33.4 Å². The smallest absolute Gasteiger partial charge is 0.395 e. The third-order valence-electron chi connectivity index (χ3n) is 5.76. The largest absolute Gasteiger partial charge is 0.508 e. The van der Waals surface area contributed by atoms with Crippen molar-refractivity contribution in [1.82, 2.24) is 4.90 Å². The molecule has 0 saturated carbocycles. The topological polar surface area (TPSA) is 115 Å². The average molecular weight is 503 g/mol. The number of phenols is 1. The highest BCUT2D eigenvalue weighted by Gasteiger charge is 2.23. The summed E-state index contributed by atoms with van der Waals surface area (Å²) in [5.74, 6) is -1.01. The van der Waals surface area contributed by atoms with Crippen LogP contribution in [-0.2, 0) is 25.4 Å². The fourth-order valence-corrected chi connectivity index (χ4v) is 4.27. The maximum atomic E-state index is 12.9. The van der Waals surface area contributed by atoms with Crippen LogP contribution in [-0.4, -0.2) is 53.9 Å². The number of hydrogen-bond donors (Lipinski definition) is 1. The Balaban J connectivity index is 1.91. The van der Waals surface area contributed by atoms with Crippen molar-refractivity contribution >= 4 is 26.3 Å². The maximum absolute atomic E-state index is 12.9. The molecule has 1 saturated heterocycles. The number of ether oxygens (including phenoxy) is 1. The number of oxime groups is 1. The summed E-state index contributed by atoms with van der Waals surface area (Å²) in [6, 6.07) is 2.62. The number of amides is 1. The number of nitrogens with zero attached hydrogens (tertiary/aromatic N) is 2. The number of piperidine rings is 1. The monoisotopic (exact) mass is 502 g/mol. The highest BCUT2D eigenvalue weighted by molar-refractivity contribution is 7.17. The molecular weight excluding hydrogens is 471 g/mol. The minimum Gasteiger partial charge on any atom is -0.508 e. The zero-order chi connectivity index (χ0) is 25.0. The molecule has 0 radical (unpaired) electrons. The number of likely N-dealkylation sites (tertiary alicyclic amines) is 1. The summed E-state index contributed by atoms with van der Waals surface area (Å²) in [5.41, 5.74) is 1.92. The normalized spacial score (nSPS) is 21.3. The molecule has 0 aromatic heterocycles. The van der Waals surface area contributed by atoms with Gasteiger partial charge in [-0.1, -0.05) is 22.9 Å². The lowest BCUT2D eigenvalue weighted by Gasteiger charge is -2.26. The Hall–Kier alpha value is -3.19. The molecule has 2 heterocycles. The maximum Gasteiger partial charge on any atom is 0.395 e. The number of allylic oxidation sites excluding steroid dienone is 3. The lowest BCUT2D eigenvalue weighted by Crippen LogP contribution is -2.37. The van der Waals surface area contributed by atoms with Crippen LogP contribution in [0.5, 0.6) is 11.5 Å². The molecule has 35 heavy (non-hydrogen) atoms. The molecule has 188 valence electrons. The SMILES string of the molecule is C/C1=C\C(=N/OCC(=O)N2CCCCC2)Cc2cc(O)cc(OP=O)c2C(=O)OCC/C=C/CC1. The van der Waals surface area contributed by atoms with E-state index in [0.717, 1.165) is 50.8 Å². The van der Waals surface area contributed by atoms with Gasteiger partial charge in [0.2, 0.25) is 0 Å². The summed E-state index contributed by atoms with van der Waals surface area (Å²) in [5, 5.41) is 14.4. The van der Waals surface area contributed by atoms with Crippen LogP contribution in [0.15, 0.2) is 41.1 Å². The fraction of sp³-hybridized carbons (Fsp3) is 0.480. The van der Waals surface area contributed by atoms with E-state index in [1.54, 1.807) is 4.90 Å². The number of rotatable bonds is 5. The summed E-state index contributed by atoms with van der Waals surface area (Å²) in [6.45, 7) is 3.40. The molecule has 10 heteroatoms. The van der Waals surface area contributed by atoms with E-state index in [4.69, 9.17) is 14.1 Å². The van der Waals surface area contributed by atoms with Gasteiger partial charge in [-0.2, -0.15) is 0 Å². The van der Waals surface area contributed by atoms with Crippen molar-refractivity contribution in [1.29, 1.82) is 0 Å². The Labute approximate surface area is 206 Å². The Bertz CT molecular complexity index is 1010. The number of carbonyl (C=O) groups excluding carboxylic acids is 2. The third-order valence-corrected chi connectivity index (χ3v) is 6.03. The zero-order valence-electron chi connectivity index (χ0n) is 19.9. The number of hydrogen-bond acceptors (Lipinski definition) is 8. The second-order valence-electron chi connectivity index (χ2n) is 8.54. The first-order valence-corrected chi connectivity index (χ1v) is 12.5. The van der Waals surface area contributed by atoms with E-state index in [2.05, 4.69) is 5.16 Å². The first-order valence-electron chi connectivity index (χ1n) is 11.8. The van der Waals surface area contributed by atoms with Crippen molar-refractivity contribution in [2.75, 3.05) is 26.3 Å². The van der Waals surface area contributed by atoms with Gasteiger partial charge in [-0.25, -0.2) is 9.36 Å². The molecule has 0 bridgehead atoms. The van der Waals surface area contributed by atoms with Gasteiger partial charge in [-0.15, -0.1) is 0 Å². The van der Waals surface area contributed by atoms with Crippen molar-refractivity contribution in [3.8, 4) is 11.5 Å². The molecule has 1 fully saturated rings. The minimum atomic E-state index is -0.677. The number of esters is 1. The highest BCUT2D eigenvalue weighted by Crippen LogP contribution is 2.32.